The molecule has 0 aliphatic carbocycles. The van der Waals surface area contributed by atoms with Gasteiger partial charge in [0.15, 0.2) is 0 Å². The number of anilines is 1. The summed E-state index contributed by atoms with van der Waals surface area (Å²) in [7, 11) is 5.41. The summed E-state index contributed by atoms with van der Waals surface area (Å²) in [5.41, 5.74) is 2.11. The van der Waals surface area contributed by atoms with E-state index in [0.717, 1.165) is 11.3 Å². The van der Waals surface area contributed by atoms with Crippen LogP contribution in [0.3, 0.4) is 0 Å². The number of carbonyl (C=O) groups excluding carboxylic acids is 1. The van der Waals surface area contributed by atoms with Gasteiger partial charge in [0.25, 0.3) is 0 Å². The Hall–Kier alpha value is -1.51. The van der Waals surface area contributed by atoms with Crippen molar-refractivity contribution in [3.63, 3.8) is 0 Å². The van der Waals surface area contributed by atoms with Crippen LogP contribution in [0.4, 0.5) is 5.69 Å². The minimum Gasteiger partial charge on any atom is -0.388 e. The van der Waals surface area contributed by atoms with Crippen molar-refractivity contribution in [2.24, 2.45) is 0 Å². The van der Waals surface area contributed by atoms with Gasteiger partial charge < -0.3 is 10.2 Å². The molecule has 3 heteroatoms. The Kier molecular flexibility index (Phi) is 7.01. The number of nitrogens with zero attached hydrogens (tertiary/aromatic N) is 1. The van der Waals surface area contributed by atoms with Crippen LogP contribution in [0, 0.1) is 0 Å². The van der Waals surface area contributed by atoms with E-state index in [-0.39, 0.29) is 5.91 Å². The zero-order valence-electron chi connectivity index (χ0n) is 10.9. The van der Waals surface area contributed by atoms with Gasteiger partial charge in [-0.3, -0.25) is 4.79 Å². The van der Waals surface area contributed by atoms with Gasteiger partial charge in [-0.05, 0) is 17.7 Å². The molecule has 0 fully saturated rings. The van der Waals surface area contributed by atoms with Gasteiger partial charge in [-0.25, -0.2) is 0 Å². The van der Waals surface area contributed by atoms with Crippen molar-refractivity contribution in [3.05, 3.63) is 29.8 Å². The highest BCUT2D eigenvalue weighted by atomic mass is 16.2. The van der Waals surface area contributed by atoms with Gasteiger partial charge >= 0.3 is 0 Å². The fourth-order valence-electron chi connectivity index (χ4n) is 1.12. The zero-order chi connectivity index (χ0) is 12.6. The lowest BCUT2D eigenvalue weighted by molar-refractivity contribution is -0.127. The average molecular weight is 222 g/mol. The first-order chi connectivity index (χ1) is 7.63. The van der Waals surface area contributed by atoms with E-state index in [2.05, 4.69) is 5.32 Å². The first kappa shape index (κ1) is 14.5. The van der Waals surface area contributed by atoms with Gasteiger partial charge in [0.05, 0.1) is 6.42 Å². The molecular formula is C13H22N2O. The predicted octanol–water partition coefficient (Wildman–Crippen LogP) is 2.39. The van der Waals surface area contributed by atoms with E-state index in [1.54, 1.807) is 19.0 Å². The predicted molar refractivity (Wildman–Crippen MR) is 69.7 cm³/mol. The second-order valence-electron chi connectivity index (χ2n) is 3.41. The molecule has 16 heavy (non-hydrogen) atoms. The van der Waals surface area contributed by atoms with E-state index < -0.39 is 0 Å². The molecule has 1 aromatic carbocycles. The molecule has 0 saturated heterocycles. The smallest absolute Gasteiger partial charge is 0.226 e. The van der Waals surface area contributed by atoms with Gasteiger partial charge in [-0.15, -0.1) is 0 Å². The summed E-state index contributed by atoms with van der Waals surface area (Å²) in [4.78, 5) is 13.0. The largest absolute Gasteiger partial charge is 0.388 e. The Bertz CT molecular complexity index is 304. The minimum atomic E-state index is 0.127. The number of benzene rings is 1. The van der Waals surface area contributed by atoms with Gasteiger partial charge in [-0.1, -0.05) is 26.0 Å². The molecule has 0 heterocycles. The summed E-state index contributed by atoms with van der Waals surface area (Å²) >= 11 is 0. The summed E-state index contributed by atoms with van der Waals surface area (Å²) < 4.78 is 0. The Morgan fingerprint density at radius 1 is 1.19 bits per heavy atom. The fourth-order valence-corrected chi connectivity index (χ4v) is 1.12. The Morgan fingerprint density at radius 2 is 1.69 bits per heavy atom. The van der Waals surface area contributed by atoms with Gasteiger partial charge in [0.2, 0.25) is 5.91 Å². The molecule has 0 unspecified atom stereocenters. The third-order valence-corrected chi connectivity index (χ3v) is 2.10. The van der Waals surface area contributed by atoms with E-state index in [1.807, 2.05) is 45.2 Å². The highest BCUT2D eigenvalue weighted by Gasteiger charge is 2.04. The summed E-state index contributed by atoms with van der Waals surface area (Å²) in [5, 5.41) is 3.03. The van der Waals surface area contributed by atoms with Crippen LogP contribution >= 0.6 is 0 Å². The number of amides is 1. The summed E-state index contributed by atoms with van der Waals surface area (Å²) in [6.45, 7) is 4.00. The molecule has 0 bridgehead atoms. The lowest BCUT2D eigenvalue weighted by Gasteiger charge is -2.10. The minimum absolute atomic E-state index is 0.127. The highest BCUT2D eigenvalue weighted by molar-refractivity contribution is 5.78. The van der Waals surface area contributed by atoms with E-state index in [9.17, 15) is 4.79 Å². The standard InChI is InChI=1S/C11H16N2O.C2H6/c1-12-10-6-4-9(5-7-10)8-11(14)13(2)3;1-2/h4-7,12H,8H2,1-3H3;1-2H3. The quantitative estimate of drug-likeness (QED) is 0.851. The molecule has 90 valence electrons. The van der Waals surface area contributed by atoms with Gasteiger partial charge in [0.1, 0.15) is 0 Å². The molecule has 0 aliphatic heterocycles. The molecule has 0 aliphatic rings. The second-order valence-corrected chi connectivity index (χ2v) is 3.41. The molecule has 1 aromatic rings. The second kappa shape index (κ2) is 7.74. The van der Waals surface area contributed by atoms with Crippen molar-refractivity contribution in [1.29, 1.82) is 0 Å². The van der Waals surface area contributed by atoms with Crippen molar-refractivity contribution >= 4 is 11.6 Å². The maximum Gasteiger partial charge on any atom is 0.226 e. The first-order valence-corrected chi connectivity index (χ1v) is 5.60. The van der Waals surface area contributed by atoms with Crippen molar-refractivity contribution in [2.45, 2.75) is 20.3 Å². The van der Waals surface area contributed by atoms with Crippen molar-refractivity contribution in [2.75, 3.05) is 26.5 Å². The Balaban J connectivity index is 0.00000106. The van der Waals surface area contributed by atoms with Crippen molar-refractivity contribution in [1.82, 2.24) is 4.90 Å². The lowest BCUT2D eigenvalue weighted by atomic mass is 10.1. The number of carbonyl (C=O) groups is 1. The van der Waals surface area contributed by atoms with Crippen LogP contribution < -0.4 is 5.32 Å². The number of rotatable bonds is 3. The van der Waals surface area contributed by atoms with Crippen LogP contribution in [-0.2, 0) is 11.2 Å². The van der Waals surface area contributed by atoms with E-state index in [1.165, 1.54) is 0 Å². The number of hydrogen-bond acceptors (Lipinski definition) is 2. The number of hydrogen-bond donors (Lipinski definition) is 1. The molecule has 0 spiro atoms. The summed E-state index contributed by atoms with van der Waals surface area (Å²) in [6.07, 6.45) is 0.469. The average Bonchev–Trinajstić information content (AvgIpc) is 2.32. The first-order valence-electron chi connectivity index (χ1n) is 5.60. The van der Waals surface area contributed by atoms with Crippen LogP contribution in [-0.4, -0.2) is 32.0 Å². The molecule has 1 amide bonds. The molecule has 0 radical (unpaired) electrons. The van der Waals surface area contributed by atoms with Crippen LogP contribution in [0.15, 0.2) is 24.3 Å². The fraction of sp³-hybridized carbons (Fsp3) is 0.462. The molecule has 0 atom stereocenters. The Morgan fingerprint density at radius 3 is 2.06 bits per heavy atom. The topological polar surface area (TPSA) is 32.3 Å². The molecule has 1 N–H and O–H groups in total. The molecule has 1 rings (SSSR count). The van der Waals surface area contributed by atoms with Crippen LogP contribution in [0.5, 0.6) is 0 Å². The highest BCUT2D eigenvalue weighted by Crippen LogP contribution is 2.09. The number of likely N-dealkylation sites (N-methyl/N-ethyl adjacent to an activating group) is 1. The van der Waals surface area contributed by atoms with Crippen LogP contribution in [0.2, 0.25) is 0 Å². The molecule has 0 aromatic heterocycles. The summed E-state index contributed by atoms with van der Waals surface area (Å²) in [5.74, 6) is 0.127. The molecule has 0 saturated carbocycles. The van der Waals surface area contributed by atoms with Gasteiger partial charge in [0, 0.05) is 26.8 Å². The van der Waals surface area contributed by atoms with E-state index in [4.69, 9.17) is 0 Å². The van der Waals surface area contributed by atoms with Crippen LogP contribution in [0.1, 0.15) is 19.4 Å². The Labute approximate surface area is 98.5 Å². The van der Waals surface area contributed by atoms with Crippen molar-refractivity contribution < 1.29 is 4.79 Å². The maximum absolute atomic E-state index is 11.4. The monoisotopic (exact) mass is 222 g/mol. The molecule has 3 nitrogen and oxygen atoms in total. The van der Waals surface area contributed by atoms with Crippen molar-refractivity contribution in [3.8, 4) is 0 Å². The lowest BCUT2D eigenvalue weighted by Crippen LogP contribution is -2.23. The van der Waals surface area contributed by atoms with E-state index in [0.29, 0.717) is 6.42 Å². The SMILES string of the molecule is CC.CNc1ccc(CC(=O)N(C)C)cc1. The third-order valence-electron chi connectivity index (χ3n) is 2.10. The third kappa shape index (κ3) is 4.82. The van der Waals surface area contributed by atoms with E-state index >= 15 is 0 Å². The zero-order valence-corrected chi connectivity index (χ0v) is 10.9. The summed E-state index contributed by atoms with van der Waals surface area (Å²) in [6, 6.07) is 7.87. The maximum atomic E-state index is 11.4. The normalized spacial score (nSPS) is 8.81. The number of nitrogens with one attached hydrogen (secondary N) is 1. The molecular weight excluding hydrogens is 200 g/mol. The van der Waals surface area contributed by atoms with Gasteiger partial charge in [-0.2, -0.15) is 0 Å². The van der Waals surface area contributed by atoms with Crippen LogP contribution in [0.25, 0.3) is 0 Å².